The van der Waals surface area contributed by atoms with Crippen molar-refractivity contribution in [2.75, 3.05) is 12.4 Å². The van der Waals surface area contributed by atoms with Crippen molar-refractivity contribution in [3.63, 3.8) is 0 Å². The fourth-order valence-electron chi connectivity index (χ4n) is 2.11. The van der Waals surface area contributed by atoms with Gasteiger partial charge in [-0.25, -0.2) is 0 Å². The number of rotatable bonds is 6. The Kier molecular flexibility index (Phi) is 4.16. The van der Waals surface area contributed by atoms with Gasteiger partial charge in [0, 0.05) is 17.1 Å². The number of anilines is 2. The van der Waals surface area contributed by atoms with E-state index in [0.29, 0.717) is 10.6 Å². The van der Waals surface area contributed by atoms with Crippen LogP contribution < -0.4 is 14.8 Å². The summed E-state index contributed by atoms with van der Waals surface area (Å²) in [6, 6.07) is 4.17. The van der Waals surface area contributed by atoms with Crippen LogP contribution >= 0.6 is 11.3 Å². The molecule has 0 saturated carbocycles. The van der Waals surface area contributed by atoms with Crippen LogP contribution in [0.5, 0.6) is 11.5 Å². The van der Waals surface area contributed by atoms with Crippen molar-refractivity contribution in [2.24, 2.45) is 0 Å². The first-order valence-corrected chi connectivity index (χ1v) is 7.37. The molecule has 11 heteroatoms. The number of hydrogen-bond donors (Lipinski definition) is 1. The highest BCUT2D eigenvalue weighted by Crippen LogP contribution is 2.35. The van der Waals surface area contributed by atoms with Crippen LogP contribution in [0.4, 0.5) is 26.1 Å². The Morgan fingerprint density at radius 1 is 1.42 bits per heavy atom. The number of ether oxygens (including phenoxy) is 2. The minimum Gasteiger partial charge on any atom is -0.493 e. The second kappa shape index (κ2) is 6.28. The maximum Gasteiger partial charge on any atom is 0.387 e. The highest BCUT2D eigenvalue weighted by Gasteiger charge is 2.24. The summed E-state index contributed by atoms with van der Waals surface area (Å²) in [7, 11) is 1.31. The van der Waals surface area contributed by atoms with E-state index in [4.69, 9.17) is 4.74 Å². The van der Waals surface area contributed by atoms with Gasteiger partial charge in [0.25, 0.3) is 4.96 Å². The molecule has 0 amide bonds. The number of halogens is 2. The monoisotopic (exact) mass is 356 g/mol. The third kappa shape index (κ3) is 2.93. The van der Waals surface area contributed by atoms with E-state index in [1.54, 1.807) is 5.38 Å². The van der Waals surface area contributed by atoms with E-state index in [0.717, 1.165) is 0 Å². The van der Waals surface area contributed by atoms with Crippen LogP contribution in [0.15, 0.2) is 29.8 Å². The standard InChI is InChI=1S/C13H10F2N4O4S/c1-22-8-3-2-7(6-9(8)23-12(14)15)16-10-11(19(20)21)18-4-5-24-13(18)17-10/h2-6,12,16H,1H3. The molecule has 2 heterocycles. The molecule has 0 atom stereocenters. The lowest BCUT2D eigenvalue weighted by molar-refractivity contribution is -0.389. The molecule has 24 heavy (non-hydrogen) atoms. The number of nitrogens with zero attached hydrogens (tertiary/aromatic N) is 3. The van der Waals surface area contributed by atoms with Crippen molar-refractivity contribution in [3.05, 3.63) is 39.9 Å². The zero-order chi connectivity index (χ0) is 17.3. The fourth-order valence-corrected chi connectivity index (χ4v) is 2.82. The molecule has 0 radical (unpaired) electrons. The molecule has 2 aromatic heterocycles. The number of aromatic nitrogens is 2. The van der Waals surface area contributed by atoms with Crippen molar-refractivity contribution in [3.8, 4) is 11.5 Å². The van der Waals surface area contributed by atoms with E-state index in [1.807, 2.05) is 0 Å². The fraction of sp³-hybridized carbons (Fsp3) is 0.154. The molecule has 0 unspecified atom stereocenters. The van der Waals surface area contributed by atoms with E-state index in [2.05, 4.69) is 15.0 Å². The molecule has 0 aliphatic carbocycles. The van der Waals surface area contributed by atoms with Gasteiger partial charge in [-0.2, -0.15) is 18.2 Å². The molecule has 1 aromatic carbocycles. The second-order valence-corrected chi connectivity index (χ2v) is 5.34. The maximum atomic E-state index is 12.5. The van der Waals surface area contributed by atoms with Gasteiger partial charge >= 0.3 is 12.4 Å². The van der Waals surface area contributed by atoms with Gasteiger partial charge in [0.1, 0.15) is 6.20 Å². The Balaban J connectivity index is 1.98. The van der Waals surface area contributed by atoms with Crippen molar-refractivity contribution in [1.82, 2.24) is 9.38 Å². The highest BCUT2D eigenvalue weighted by molar-refractivity contribution is 7.15. The number of hydrogen-bond acceptors (Lipinski definition) is 7. The molecular weight excluding hydrogens is 346 g/mol. The predicted octanol–water partition coefficient (Wildman–Crippen LogP) is 3.66. The number of nitrogens with one attached hydrogen (secondary N) is 1. The average molecular weight is 356 g/mol. The number of benzene rings is 1. The molecule has 3 rings (SSSR count). The predicted molar refractivity (Wildman–Crippen MR) is 82.6 cm³/mol. The van der Waals surface area contributed by atoms with Crippen LogP contribution in [0, 0.1) is 10.1 Å². The number of imidazole rings is 1. The molecule has 8 nitrogen and oxygen atoms in total. The molecule has 3 aromatic rings. The zero-order valence-electron chi connectivity index (χ0n) is 12.1. The summed E-state index contributed by atoms with van der Waals surface area (Å²) < 4.78 is 35.6. The summed E-state index contributed by atoms with van der Waals surface area (Å²) in [6.45, 7) is -3.03. The van der Waals surface area contributed by atoms with Crippen molar-refractivity contribution in [2.45, 2.75) is 6.61 Å². The van der Waals surface area contributed by atoms with Gasteiger partial charge in [0.05, 0.1) is 7.11 Å². The Hall–Kier alpha value is -2.95. The lowest BCUT2D eigenvalue weighted by atomic mass is 10.2. The minimum atomic E-state index is -3.03. The van der Waals surface area contributed by atoms with Gasteiger partial charge in [-0.1, -0.05) is 11.3 Å². The summed E-state index contributed by atoms with van der Waals surface area (Å²) >= 11 is 1.23. The normalized spacial score (nSPS) is 11.0. The van der Waals surface area contributed by atoms with Crippen molar-refractivity contribution >= 4 is 33.6 Å². The number of fused-ring (bicyclic) bond motifs is 1. The molecule has 126 valence electrons. The highest BCUT2D eigenvalue weighted by atomic mass is 32.1. The number of thiazole rings is 1. The molecular formula is C13H10F2N4O4S. The molecule has 0 fully saturated rings. The summed E-state index contributed by atoms with van der Waals surface area (Å²) in [5.74, 6) is -0.333. The Labute approximate surface area is 137 Å². The van der Waals surface area contributed by atoms with Crippen LogP contribution in [0.3, 0.4) is 0 Å². The minimum absolute atomic E-state index is 0.0000128. The first-order chi connectivity index (χ1) is 11.5. The SMILES string of the molecule is COc1ccc(Nc2nc3sccn3c2[N+](=O)[O-])cc1OC(F)F. The van der Waals surface area contributed by atoms with Crippen molar-refractivity contribution < 1.29 is 23.2 Å². The van der Waals surface area contributed by atoms with E-state index in [1.165, 1.54) is 47.2 Å². The van der Waals surface area contributed by atoms with Gasteiger partial charge in [-0.3, -0.25) is 0 Å². The van der Waals surface area contributed by atoms with E-state index >= 15 is 0 Å². The average Bonchev–Trinajstić information content (AvgIpc) is 3.06. The quantitative estimate of drug-likeness (QED) is 0.535. The van der Waals surface area contributed by atoms with E-state index in [9.17, 15) is 18.9 Å². The summed E-state index contributed by atoms with van der Waals surface area (Å²) in [5, 5.41) is 15.7. The van der Waals surface area contributed by atoms with Crippen LogP contribution in [-0.4, -0.2) is 28.0 Å². The van der Waals surface area contributed by atoms with E-state index < -0.39 is 11.5 Å². The van der Waals surface area contributed by atoms with Gasteiger partial charge < -0.3 is 24.9 Å². The molecule has 0 saturated heterocycles. The number of nitro groups is 1. The van der Waals surface area contributed by atoms with Gasteiger partial charge in [0.2, 0.25) is 5.82 Å². The van der Waals surface area contributed by atoms with Crippen LogP contribution in [-0.2, 0) is 0 Å². The Morgan fingerprint density at radius 2 is 2.21 bits per heavy atom. The second-order valence-electron chi connectivity index (χ2n) is 4.47. The molecule has 0 aliphatic rings. The van der Waals surface area contributed by atoms with Crippen LogP contribution in [0.2, 0.25) is 0 Å². The molecule has 1 N–H and O–H groups in total. The van der Waals surface area contributed by atoms with Gasteiger partial charge in [-0.05, 0) is 17.1 Å². The lowest BCUT2D eigenvalue weighted by Gasteiger charge is -2.11. The van der Waals surface area contributed by atoms with Gasteiger partial charge in [0.15, 0.2) is 11.5 Å². The third-order valence-electron chi connectivity index (χ3n) is 3.05. The molecule has 0 bridgehead atoms. The molecule has 0 spiro atoms. The van der Waals surface area contributed by atoms with E-state index in [-0.39, 0.29) is 23.1 Å². The zero-order valence-corrected chi connectivity index (χ0v) is 12.9. The third-order valence-corrected chi connectivity index (χ3v) is 3.81. The first kappa shape index (κ1) is 15.9. The van der Waals surface area contributed by atoms with Crippen LogP contribution in [0.1, 0.15) is 0 Å². The number of alkyl halides is 2. The smallest absolute Gasteiger partial charge is 0.387 e. The van der Waals surface area contributed by atoms with Gasteiger partial charge in [-0.15, -0.1) is 0 Å². The Morgan fingerprint density at radius 3 is 2.88 bits per heavy atom. The largest absolute Gasteiger partial charge is 0.493 e. The van der Waals surface area contributed by atoms with Crippen molar-refractivity contribution in [1.29, 1.82) is 0 Å². The number of methoxy groups -OCH3 is 1. The summed E-state index contributed by atoms with van der Waals surface area (Å²) in [6.07, 6.45) is 1.52. The van der Waals surface area contributed by atoms with Crippen LogP contribution in [0.25, 0.3) is 4.96 Å². The summed E-state index contributed by atoms with van der Waals surface area (Å²) in [5.41, 5.74) is 0.292. The molecule has 0 aliphatic heterocycles. The maximum absolute atomic E-state index is 12.5. The first-order valence-electron chi connectivity index (χ1n) is 6.49. The Bertz CT molecular complexity index is 895. The topological polar surface area (TPSA) is 90.9 Å². The summed E-state index contributed by atoms with van der Waals surface area (Å²) in [4.78, 5) is 15.3. The lowest BCUT2D eigenvalue weighted by Crippen LogP contribution is -2.04.